The molecule has 2 aliphatic heterocycles. The van der Waals surface area contributed by atoms with Gasteiger partial charge in [-0.3, -0.25) is 9.59 Å². The van der Waals surface area contributed by atoms with Crippen LogP contribution in [0.25, 0.3) is 0 Å². The highest BCUT2D eigenvalue weighted by atomic mass is 32.2. The third kappa shape index (κ3) is 2.51. The summed E-state index contributed by atoms with van der Waals surface area (Å²) in [4.78, 5) is 26.3. The van der Waals surface area contributed by atoms with Crippen molar-refractivity contribution in [1.82, 2.24) is 10.2 Å². The molecule has 0 radical (unpaired) electrons. The van der Waals surface area contributed by atoms with Gasteiger partial charge in [0.1, 0.15) is 6.04 Å². The Kier molecular flexibility index (Phi) is 3.50. The van der Waals surface area contributed by atoms with E-state index in [2.05, 4.69) is 5.32 Å². The van der Waals surface area contributed by atoms with Crippen molar-refractivity contribution in [3.05, 3.63) is 0 Å². The van der Waals surface area contributed by atoms with E-state index in [-0.39, 0.29) is 17.9 Å². The molecule has 0 spiro atoms. The zero-order valence-corrected chi connectivity index (χ0v) is 11.4. The molecule has 1 N–H and O–H groups in total. The first kappa shape index (κ1) is 12.3. The first-order valence-electron chi connectivity index (χ1n) is 6.93. The lowest BCUT2D eigenvalue weighted by Gasteiger charge is -2.34. The Hall–Kier alpha value is -0.710. The Balaban J connectivity index is 1.74. The number of carbonyl (C=O) groups is 2. The number of carbonyl (C=O) groups excluding carboxylic acids is 2. The Morgan fingerprint density at radius 3 is 2.50 bits per heavy atom. The fourth-order valence-electron chi connectivity index (χ4n) is 2.93. The van der Waals surface area contributed by atoms with Crippen LogP contribution in [-0.2, 0) is 9.59 Å². The van der Waals surface area contributed by atoms with E-state index in [9.17, 15) is 9.59 Å². The SMILES string of the molecule is O=C1CCN(C2CCSCC2)C(=O)C(C2CC2)N1. The molecule has 18 heavy (non-hydrogen) atoms. The number of thioether (sulfide) groups is 1. The Morgan fingerprint density at radius 2 is 1.83 bits per heavy atom. The van der Waals surface area contributed by atoms with Gasteiger partial charge in [-0.25, -0.2) is 0 Å². The second-order valence-electron chi connectivity index (χ2n) is 5.51. The molecule has 2 saturated heterocycles. The van der Waals surface area contributed by atoms with Crippen molar-refractivity contribution in [3.63, 3.8) is 0 Å². The lowest BCUT2D eigenvalue weighted by atomic mass is 10.1. The summed E-state index contributed by atoms with van der Waals surface area (Å²) in [6, 6.07) is 0.141. The average Bonchev–Trinajstić information content (AvgIpc) is 3.21. The van der Waals surface area contributed by atoms with Crippen LogP contribution < -0.4 is 5.32 Å². The van der Waals surface area contributed by atoms with E-state index in [0.717, 1.165) is 37.2 Å². The molecule has 5 heteroatoms. The molecule has 0 aromatic rings. The second kappa shape index (κ2) is 5.11. The summed E-state index contributed by atoms with van der Waals surface area (Å²) in [7, 11) is 0. The van der Waals surface area contributed by atoms with E-state index in [4.69, 9.17) is 0 Å². The third-order valence-corrected chi connectivity index (χ3v) is 5.22. The van der Waals surface area contributed by atoms with Gasteiger partial charge in [0.15, 0.2) is 0 Å². The van der Waals surface area contributed by atoms with Gasteiger partial charge >= 0.3 is 0 Å². The third-order valence-electron chi connectivity index (χ3n) is 4.17. The van der Waals surface area contributed by atoms with Gasteiger partial charge in [-0.1, -0.05) is 0 Å². The van der Waals surface area contributed by atoms with Crippen LogP contribution in [0.1, 0.15) is 32.1 Å². The van der Waals surface area contributed by atoms with Crippen molar-refractivity contribution in [2.24, 2.45) is 5.92 Å². The van der Waals surface area contributed by atoms with E-state index in [1.807, 2.05) is 16.7 Å². The molecular weight excluding hydrogens is 248 g/mol. The largest absolute Gasteiger partial charge is 0.344 e. The molecule has 3 rings (SSSR count). The van der Waals surface area contributed by atoms with E-state index in [1.165, 1.54) is 0 Å². The van der Waals surface area contributed by atoms with Gasteiger partial charge in [-0.15, -0.1) is 0 Å². The summed E-state index contributed by atoms with van der Waals surface area (Å²) >= 11 is 1.97. The minimum Gasteiger partial charge on any atom is -0.344 e. The monoisotopic (exact) mass is 268 g/mol. The number of nitrogens with one attached hydrogen (secondary N) is 1. The summed E-state index contributed by atoms with van der Waals surface area (Å²) in [6.07, 6.45) is 4.82. The molecule has 0 aromatic heterocycles. The lowest BCUT2D eigenvalue weighted by molar-refractivity contribution is -0.136. The molecule has 0 bridgehead atoms. The summed E-state index contributed by atoms with van der Waals surface area (Å²) in [5, 5.41) is 2.92. The number of nitrogens with zero attached hydrogens (tertiary/aromatic N) is 1. The highest BCUT2D eigenvalue weighted by Gasteiger charge is 2.42. The maximum atomic E-state index is 12.6. The highest BCUT2D eigenvalue weighted by Crippen LogP contribution is 2.35. The molecule has 2 amide bonds. The predicted molar refractivity (Wildman–Crippen MR) is 71.3 cm³/mol. The van der Waals surface area contributed by atoms with Crippen LogP contribution >= 0.6 is 11.8 Å². The first-order valence-corrected chi connectivity index (χ1v) is 8.09. The van der Waals surface area contributed by atoms with Crippen molar-refractivity contribution in [1.29, 1.82) is 0 Å². The zero-order valence-electron chi connectivity index (χ0n) is 10.6. The van der Waals surface area contributed by atoms with Crippen LogP contribution in [0.4, 0.5) is 0 Å². The molecule has 1 aliphatic carbocycles. The van der Waals surface area contributed by atoms with Gasteiger partial charge in [-0.05, 0) is 43.1 Å². The quantitative estimate of drug-likeness (QED) is 0.813. The Morgan fingerprint density at radius 1 is 1.11 bits per heavy atom. The van der Waals surface area contributed by atoms with Gasteiger partial charge in [0.2, 0.25) is 11.8 Å². The van der Waals surface area contributed by atoms with E-state index in [0.29, 0.717) is 24.9 Å². The maximum Gasteiger partial charge on any atom is 0.245 e. The summed E-state index contributed by atoms with van der Waals surface area (Å²) in [6.45, 7) is 0.614. The molecule has 4 nitrogen and oxygen atoms in total. The normalized spacial score (nSPS) is 31.1. The average molecular weight is 268 g/mol. The molecule has 1 atom stereocenters. The predicted octanol–water partition coefficient (Wildman–Crippen LogP) is 1.01. The number of amides is 2. The van der Waals surface area contributed by atoms with E-state index in [1.54, 1.807) is 0 Å². The van der Waals surface area contributed by atoms with E-state index >= 15 is 0 Å². The number of rotatable bonds is 2. The molecule has 0 aromatic carbocycles. The topological polar surface area (TPSA) is 49.4 Å². The minimum absolute atomic E-state index is 0.0490. The van der Waals surface area contributed by atoms with Crippen LogP contribution in [0.3, 0.4) is 0 Å². The van der Waals surface area contributed by atoms with E-state index < -0.39 is 0 Å². The van der Waals surface area contributed by atoms with Crippen LogP contribution in [0, 0.1) is 5.92 Å². The van der Waals surface area contributed by atoms with Crippen LogP contribution in [0.5, 0.6) is 0 Å². The Labute approximate surface area is 112 Å². The molecule has 3 aliphatic rings. The molecule has 3 fully saturated rings. The van der Waals surface area contributed by atoms with Gasteiger partial charge in [-0.2, -0.15) is 11.8 Å². The fourth-order valence-corrected chi connectivity index (χ4v) is 4.01. The number of hydrogen-bond acceptors (Lipinski definition) is 3. The van der Waals surface area contributed by atoms with Crippen molar-refractivity contribution in [3.8, 4) is 0 Å². The molecular formula is C13H20N2O2S. The molecule has 1 saturated carbocycles. The second-order valence-corrected chi connectivity index (χ2v) is 6.73. The zero-order chi connectivity index (χ0) is 12.5. The minimum atomic E-state index is -0.227. The number of hydrogen-bond donors (Lipinski definition) is 1. The fraction of sp³-hybridized carbons (Fsp3) is 0.846. The van der Waals surface area contributed by atoms with Crippen molar-refractivity contribution in [2.45, 2.75) is 44.2 Å². The smallest absolute Gasteiger partial charge is 0.245 e. The van der Waals surface area contributed by atoms with Crippen molar-refractivity contribution in [2.75, 3.05) is 18.1 Å². The lowest BCUT2D eigenvalue weighted by Crippen LogP contribution is -2.50. The molecule has 1 unspecified atom stereocenters. The maximum absolute atomic E-state index is 12.6. The summed E-state index contributed by atoms with van der Waals surface area (Å²) in [5.74, 6) is 2.92. The van der Waals surface area contributed by atoms with Gasteiger partial charge in [0.05, 0.1) is 0 Å². The van der Waals surface area contributed by atoms with Gasteiger partial charge < -0.3 is 10.2 Å². The molecule has 100 valence electrons. The standard InChI is InChI=1S/C13H20N2O2S/c16-11-3-6-15(10-4-7-18-8-5-10)13(17)12(14-11)9-1-2-9/h9-10,12H,1-8H2,(H,14,16). The van der Waals surface area contributed by atoms with Gasteiger partial charge in [0, 0.05) is 19.0 Å². The van der Waals surface area contributed by atoms with Crippen molar-refractivity contribution >= 4 is 23.6 Å². The summed E-state index contributed by atoms with van der Waals surface area (Å²) in [5.41, 5.74) is 0. The van der Waals surface area contributed by atoms with Crippen molar-refractivity contribution < 1.29 is 9.59 Å². The highest BCUT2D eigenvalue weighted by molar-refractivity contribution is 7.99. The van der Waals surface area contributed by atoms with Crippen LogP contribution in [0.15, 0.2) is 0 Å². The van der Waals surface area contributed by atoms with Gasteiger partial charge in [0.25, 0.3) is 0 Å². The first-order chi connectivity index (χ1) is 8.75. The Bertz CT molecular complexity index is 351. The van der Waals surface area contributed by atoms with Crippen LogP contribution in [-0.4, -0.2) is 46.8 Å². The van der Waals surface area contributed by atoms with Crippen LogP contribution in [0.2, 0.25) is 0 Å². The summed E-state index contributed by atoms with van der Waals surface area (Å²) < 4.78 is 0. The molecule has 2 heterocycles.